The smallest absolute Gasteiger partial charge is 0.0639 e. The minimum absolute atomic E-state index is 0.0229. The number of aliphatic hydroxyl groups excluding tert-OH is 1. The van der Waals surface area contributed by atoms with Gasteiger partial charge in [-0.1, -0.05) is 57.0 Å². The number of fused-ring (bicyclic) bond motifs is 5. The van der Waals surface area contributed by atoms with Crippen LogP contribution in [0.1, 0.15) is 77.5 Å². The van der Waals surface area contributed by atoms with Crippen LogP contribution in [0, 0.1) is 28.1 Å². The van der Waals surface area contributed by atoms with Crippen LogP contribution in [0.15, 0.2) is 35.4 Å². The summed E-state index contributed by atoms with van der Waals surface area (Å²) < 4.78 is 0. The van der Waals surface area contributed by atoms with Gasteiger partial charge in [0.2, 0.25) is 0 Å². The normalized spacial score (nSPS) is 40.3. The fourth-order valence-electron chi connectivity index (χ4n) is 8.75. The first-order chi connectivity index (χ1) is 14.3. The molecule has 1 aromatic heterocycles. The minimum atomic E-state index is -0.182. The zero-order chi connectivity index (χ0) is 20.9. The lowest BCUT2D eigenvalue weighted by Crippen LogP contribution is -2.57. The minimum Gasteiger partial charge on any atom is -0.392 e. The number of para-hydroxylation sites is 1. The molecule has 1 heterocycles. The maximum atomic E-state index is 11.7. The summed E-state index contributed by atoms with van der Waals surface area (Å²) in [6, 6.07) is 8.84. The Labute approximate surface area is 181 Å². The first kappa shape index (κ1) is 19.2. The maximum Gasteiger partial charge on any atom is 0.0639 e. The zero-order valence-electron chi connectivity index (χ0n) is 19.1. The van der Waals surface area contributed by atoms with Crippen LogP contribution in [0.5, 0.6) is 0 Å². The van der Waals surface area contributed by atoms with Gasteiger partial charge in [-0.25, -0.2) is 0 Å². The largest absolute Gasteiger partial charge is 0.392 e. The predicted molar refractivity (Wildman–Crippen MR) is 123 cm³/mol. The van der Waals surface area contributed by atoms with E-state index in [1.54, 1.807) is 11.1 Å². The lowest BCUT2D eigenvalue weighted by atomic mass is 9.44. The summed E-state index contributed by atoms with van der Waals surface area (Å²) in [4.78, 5) is 3.79. The number of aliphatic hydroxyl groups is 1. The molecule has 2 saturated carbocycles. The second kappa shape index (κ2) is 6.03. The van der Waals surface area contributed by atoms with E-state index in [4.69, 9.17) is 0 Å². The number of H-pyrrole nitrogens is 1. The summed E-state index contributed by atoms with van der Waals surface area (Å²) in [5.74, 6) is 1.34. The zero-order valence-corrected chi connectivity index (χ0v) is 19.1. The van der Waals surface area contributed by atoms with Crippen LogP contribution in [-0.2, 0) is 12.8 Å². The van der Waals surface area contributed by atoms with E-state index in [0.29, 0.717) is 17.3 Å². The molecule has 1 aromatic carbocycles. The second-order valence-corrected chi connectivity index (χ2v) is 11.6. The van der Waals surface area contributed by atoms with Gasteiger partial charge in [0.05, 0.1) is 6.10 Å². The highest BCUT2D eigenvalue weighted by Crippen LogP contribution is 2.72. The van der Waals surface area contributed by atoms with Gasteiger partial charge in [0.25, 0.3) is 0 Å². The molecule has 2 N–H and O–H groups in total. The molecule has 2 aromatic rings. The molecular weight excluding hydrogens is 366 g/mol. The number of nitrogens with one attached hydrogen (secondary N) is 1. The van der Waals surface area contributed by atoms with Gasteiger partial charge in [0.15, 0.2) is 0 Å². The highest BCUT2D eigenvalue weighted by molar-refractivity contribution is 5.85. The molecule has 0 radical (unpaired) electrons. The van der Waals surface area contributed by atoms with E-state index >= 15 is 0 Å². The van der Waals surface area contributed by atoms with Crippen molar-refractivity contribution in [1.82, 2.24) is 4.98 Å². The van der Waals surface area contributed by atoms with Crippen LogP contribution in [0.3, 0.4) is 0 Å². The van der Waals surface area contributed by atoms with Gasteiger partial charge in [-0.15, -0.1) is 0 Å². The first-order valence-electron chi connectivity index (χ1n) is 12.3. The molecule has 0 saturated heterocycles. The Kier molecular flexibility index (Phi) is 3.85. The van der Waals surface area contributed by atoms with Crippen molar-refractivity contribution in [2.45, 2.75) is 85.2 Å². The second-order valence-electron chi connectivity index (χ2n) is 11.6. The van der Waals surface area contributed by atoms with Gasteiger partial charge >= 0.3 is 0 Å². The number of rotatable bonds is 1. The average Bonchev–Trinajstić information content (AvgIpc) is 2.98. The Hall–Kier alpha value is -1.54. The molecule has 30 heavy (non-hydrogen) atoms. The molecule has 1 spiro atoms. The highest BCUT2D eigenvalue weighted by Gasteiger charge is 2.65. The Bertz CT molecular complexity index is 1060. The Morgan fingerprint density at radius 3 is 2.57 bits per heavy atom. The van der Waals surface area contributed by atoms with Gasteiger partial charge in [0.1, 0.15) is 0 Å². The summed E-state index contributed by atoms with van der Waals surface area (Å²) >= 11 is 0. The predicted octanol–water partition coefficient (Wildman–Crippen LogP) is 6.58. The fraction of sp³-hybridized carbons (Fsp3) is 0.643. The van der Waals surface area contributed by atoms with Crippen molar-refractivity contribution in [3.05, 3.63) is 46.7 Å². The summed E-state index contributed by atoms with van der Waals surface area (Å²) in [6.07, 6.45) is 9.09. The lowest BCUT2D eigenvalue weighted by Gasteiger charge is -2.61. The Morgan fingerprint density at radius 2 is 1.77 bits per heavy atom. The third kappa shape index (κ3) is 2.05. The molecular formula is C28H37NO. The van der Waals surface area contributed by atoms with E-state index in [1.807, 2.05) is 0 Å². The number of hydrogen-bond acceptors (Lipinski definition) is 1. The van der Waals surface area contributed by atoms with Crippen LogP contribution < -0.4 is 0 Å². The van der Waals surface area contributed by atoms with Crippen LogP contribution >= 0.6 is 0 Å². The van der Waals surface area contributed by atoms with Crippen molar-refractivity contribution in [2.75, 3.05) is 0 Å². The van der Waals surface area contributed by atoms with E-state index in [9.17, 15) is 5.11 Å². The Morgan fingerprint density at radius 1 is 1.00 bits per heavy atom. The monoisotopic (exact) mass is 403 g/mol. The molecule has 5 atom stereocenters. The molecule has 2 heteroatoms. The van der Waals surface area contributed by atoms with Gasteiger partial charge in [-0.3, -0.25) is 0 Å². The molecule has 0 amide bonds. The van der Waals surface area contributed by atoms with Crippen molar-refractivity contribution < 1.29 is 5.11 Å². The molecule has 0 unspecified atom stereocenters. The molecule has 5 aliphatic carbocycles. The molecule has 5 aliphatic rings. The SMILES string of the molecule is CC(C)[C@@]12CC[C@@]3(C)[C@H](C)CC[C@H](O)[C@]3(CC1)C1=C2Cc2[nH]c3ccccc3c2C1. The van der Waals surface area contributed by atoms with E-state index in [-0.39, 0.29) is 16.9 Å². The van der Waals surface area contributed by atoms with Gasteiger partial charge in [-0.2, -0.15) is 0 Å². The van der Waals surface area contributed by atoms with Crippen molar-refractivity contribution in [2.24, 2.45) is 28.1 Å². The molecule has 160 valence electrons. The summed E-state index contributed by atoms with van der Waals surface area (Å²) in [6.45, 7) is 9.95. The first-order valence-corrected chi connectivity index (χ1v) is 12.3. The third-order valence-corrected chi connectivity index (χ3v) is 10.8. The van der Waals surface area contributed by atoms with E-state index in [2.05, 4.69) is 56.9 Å². The van der Waals surface area contributed by atoms with Crippen molar-refractivity contribution in [1.29, 1.82) is 0 Å². The highest BCUT2D eigenvalue weighted by atomic mass is 16.3. The number of hydrogen-bond donors (Lipinski definition) is 2. The van der Waals surface area contributed by atoms with Gasteiger partial charge in [-0.05, 0) is 79.2 Å². The quantitative estimate of drug-likeness (QED) is 0.519. The van der Waals surface area contributed by atoms with Gasteiger partial charge in [0, 0.05) is 28.4 Å². The standard InChI is InChI=1S/C28H37NO/c1-17(2)27-12-11-26(4)18(3)9-10-25(30)28(26,14-13-27)22-15-20-19-7-5-6-8-23(19)29-24(20)16-21(22)27/h5-8,17-18,25,29-30H,9-16H2,1-4H3/t18-,25+,26+,27-,28+/m1/s1. The summed E-state index contributed by atoms with van der Waals surface area (Å²) in [5, 5.41) is 13.1. The molecule has 2 fully saturated rings. The third-order valence-electron chi connectivity index (χ3n) is 10.8. The number of aromatic amines is 1. The topological polar surface area (TPSA) is 36.0 Å². The van der Waals surface area contributed by atoms with E-state index < -0.39 is 0 Å². The number of allylic oxidation sites excluding steroid dienone is 1. The average molecular weight is 404 g/mol. The van der Waals surface area contributed by atoms with E-state index in [0.717, 1.165) is 19.3 Å². The summed E-state index contributed by atoms with van der Waals surface area (Å²) in [7, 11) is 0. The lowest BCUT2D eigenvalue weighted by molar-refractivity contribution is -0.118. The van der Waals surface area contributed by atoms with Crippen LogP contribution in [-0.4, -0.2) is 16.2 Å². The van der Waals surface area contributed by atoms with Crippen molar-refractivity contribution in [3.63, 3.8) is 0 Å². The van der Waals surface area contributed by atoms with E-state index in [1.165, 1.54) is 54.3 Å². The van der Waals surface area contributed by atoms with Crippen LogP contribution in [0.4, 0.5) is 0 Å². The van der Waals surface area contributed by atoms with Crippen molar-refractivity contribution in [3.8, 4) is 0 Å². The van der Waals surface area contributed by atoms with Crippen LogP contribution in [0.2, 0.25) is 0 Å². The number of benzene rings is 1. The maximum absolute atomic E-state index is 11.7. The van der Waals surface area contributed by atoms with Crippen molar-refractivity contribution >= 4 is 10.9 Å². The summed E-state index contributed by atoms with van der Waals surface area (Å²) in [5.41, 5.74) is 8.13. The molecule has 7 rings (SSSR count). The Balaban J connectivity index is 1.63. The fourth-order valence-corrected chi connectivity index (χ4v) is 8.75. The number of aromatic nitrogens is 1. The molecule has 2 nitrogen and oxygen atoms in total. The van der Waals surface area contributed by atoms with Crippen LogP contribution in [0.25, 0.3) is 10.9 Å². The van der Waals surface area contributed by atoms with Gasteiger partial charge < -0.3 is 10.1 Å². The molecule has 2 bridgehead atoms. The molecule has 0 aliphatic heterocycles.